The van der Waals surface area contributed by atoms with E-state index in [1.54, 1.807) is 12.1 Å². The van der Waals surface area contributed by atoms with Gasteiger partial charge in [-0.05, 0) is 60.4 Å². The molecule has 4 heteroatoms. The first-order valence-corrected chi connectivity index (χ1v) is 8.37. The maximum Gasteiger partial charge on any atom is 0.118 e. The van der Waals surface area contributed by atoms with Crippen molar-refractivity contribution in [1.29, 1.82) is 0 Å². The lowest BCUT2D eigenvalue weighted by Gasteiger charge is -2.17. The van der Waals surface area contributed by atoms with Crippen molar-refractivity contribution in [2.24, 2.45) is 11.8 Å². The number of ether oxygens (including phenoxy) is 2. The number of aromatic hydroxyl groups is 2. The lowest BCUT2D eigenvalue weighted by molar-refractivity contribution is 0.0192. The van der Waals surface area contributed by atoms with Gasteiger partial charge in [0, 0.05) is 11.8 Å². The van der Waals surface area contributed by atoms with Crippen LogP contribution in [0.25, 0.3) is 0 Å². The van der Waals surface area contributed by atoms with Crippen molar-refractivity contribution in [2.45, 2.75) is 26.1 Å². The number of phenolic OH excluding ortho intramolecular Hbond substituents is 2. The average molecular weight is 326 g/mol. The van der Waals surface area contributed by atoms with Gasteiger partial charge in [0.15, 0.2) is 0 Å². The molecular weight excluding hydrogens is 304 g/mol. The summed E-state index contributed by atoms with van der Waals surface area (Å²) in [5.41, 5.74) is 3.93. The number of phenols is 2. The number of aryl methyl sites for hydroxylation is 2. The Balaban J connectivity index is 1.59. The van der Waals surface area contributed by atoms with Gasteiger partial charge in [-0.2, -0.15) is 0 Å². The minimum absolute atomic E-state index is 0.0116. The molecule has 0 radical (unpaired) electrons. The molecule has 0 unspecified atom stereocenters. The topological polar surface area (TPSA) is 58.9 Å². The molecule has 4 rings (SSSR count). The van der Waals surface area contributed by atoms with E-state index in [2.05, 4.69) is 0 Å². The lowest BCUT2D eigenvalue weighted by atomic mass is 9.84. The quantitative estimate of drug-likeness (QED) is 0.881. The Morgan fingerprint density at radius 3 is 1.54 bits per heavy atom. The van der Waals surface area contributed by atoms with Crippen LogP contribution in [0.15, 0.2) is 36.4 Å². The van der Waals surface area contributed by atoms with Gasteiger partial charge >= 0.3 is 0 Å². The summed E-state index contributed by atoms with van der Waals surface area (Å²) < 4.78 is 12.2. The highest BCUT2D eigenvalue weighted by Crippen LogP contribution is 2.50. The zero-order valence-electron chi connectivity index (χ0n) is 13.9. The fraction of sp³-hybridized carbons (Fsp3) is 0.400. The van der Waals surface area contributed by atoms with Gasteiger partial charge in [0.05, 0.1) is 25.4 Å². The number of benzene rings is 2. The van der Waals surface area contributed by atoms with Crippen LogP contribution in [0.5, 0.6) is 11.5 Å². The van der Waals surface area contributed by atoms with E-state index in [1.807, 2.05) is 38.1 Å². The van der Waals surface area contributed by atoms with E-state index in [4.69, 9.17) is 9.47 Å². The maximum atomic E-state index is 9.73. The van der Waals surface area contributed by atoms with Crippen molar-refractivity contribution in [3.05, 3.63) is 58.7 Å². The molecule has 126 valence electrons. The van der Waals surface area contributed by atoms with Crippen LogP contribution in [0.2, 0.25) is 0 Å². The van der Waals surface area contributed by atoms with Crippen molar-refractivity contribution >= 4 is 0 Å². The molecule has 2 aliphatic heterocycles. The Kier molecular flexibility index (Phi) is 3.74. The largest absolute Gasteiger partial charge is 0.508 e. The summed E-state index contributed by atoms with van der Waals surface area (Å²) in [7, 11) is 0. The molecule has 4 atom stereocenters. The average Bonchev–Trinajstić information content (AvgIpc) is 3.15. The molecular formula is C20H22O4. The van der Waals surface area contributed by atoms with Gasteiger partial charge in [-0.3, -0.25) is 0 Å². The van der Waals surface area contributed by atoms with E-state index < -0.39 is 0 Å². The van der Waals surface area contributed by atoms with E-state index in [9.17, 15) is 10.2 Å². The molecule has 0 aliphatic carbocycles. The number of hydrogen-bond donors (Lipinski definition) is 2. The summed E-state index contributed by atoms with van der Waals surface area (Å²) in [5.74, 6) is 1.25. The van der Waals surface area contributed by atoms with Crippen LogP contribution in [0.3, 0.4) is 0 Å². The second kappa shape index (κ2) is 5.80. The first-order valence-electron chi connectivity index (χ1n) is 8.37. The third kappa shape index (κ3) is 2.46. The highest BCUT2D eigenvalue weighted by molar-refractivity contribution is 5.38. The Bertz CT molecular complexity index is 705. The van der Waals surface area contributed by atoms with Crippen molar-refractivity contribution < 1.29 is 19.7 Å². The molecule has 2 aromatic carbocycles. The summed E-state index contributed by atoms with van der Waals surface area (Å²) in [4.78, 5) is 0. The second-order valence-corrected chi connectivity index (χ2v) is 6.93. The predicted octanol–water partition coefficient (Wildman–Crippen LogP) is 3.79. The molecule has 2 aromatic rings. The maximum absolute atomic E-state index is 9.73. The molecule has 0 bridgehead atoms. The summed E-state index contributed by atoms with van der Waals surface area (Å²) in [6, 6.07) is 11.3. The Labute approximate surface area is 141 Å². The zero-order chi connectivity index (χ0) is 16.8. The summed E-state index contributed by atoms with van der Waals surface area (Å²) >= 11 is 0. The van der Waals surface area contributed by atoms with E-state index in [-0.39, 0.29) is 12.2 Å². The van der Waals surface area contributed by atoms with Crippen LogP contribution >= 0.6 is 0 Å². The Hall–Kier alpha value is -2.04. The number of fused-ring (bicyclic) bond motifs is 1. The summed E-state index contributed by atoms with van der Waals surface area (Å²) in [6.45, 7) is 5.14. The van der Waals surface area contributed by atoms with E-state index in [0.29, 0.717) is 36.5 Å². The van der Waals surface area contributed by atoms with Crippen molar-refractivity contribution in [3.8, 4) is 11.5 Å². The van der Waals surface area contributed by atoms with Gasteiger partial charge in [-0.1, -0.05) is 12.1 Å². The van der Waals surface area contributed by atoms with Gasteiger partial charge in [0.2, 0.25) is 0 Å². The molecule has 0 spiro atoms. The van der Waals surface area contributed by atoms with Gasteiger partial charge in [0.25, 0.3) is 0 Å². The van der Waals surface area contributed by atoms with Gasteiger partial charge in [0.1, 0.15) is 11.5 Å². The van der Waals surface area contributed by atoms with Crippen LogP contribution in [-0.4, -0.2) is 23.4 Å². The number of rotatable bonds is 2. The van der Waals surface area contributed by atoms with E-state index in [0.717, 1.165) is 22.3 Å². The standard InChI is InChI=1S/C20H22O4/c1-11-7-13(3-5-17(11)21)19-15-9-24-20(16(15)10-23-19)14-4-6-18(22)12(2)8-14/h3-8,15-16,19-22H,9-10H2,1-2H3/t15-,16-,19+,20+/m0/s1. The smallest absolute Gasteiger partial charge is 0.118 e. The third-order valence-electron chi connectivity index (χ3n) is 5.36. The molecule has 2 aliphatic rings. The molecule has 2 N–H and O–H groups in total. The molecule has 2 fully saturated rings. The Morgan fingerprint density at radius 2 is 1.17 bits per heavy atom. The summed E-state index contributed by atoms with van der Waals surface area (Å²) in [6.07, 6.45) is 0.0232. The van der Waals surface area contributed by atoms with Crippen LogP contribution in [0.1, 0.15) is 34.5 Å². The molecule has 2 saturated heterocycles. The van der Waals surface area contributed by atoms with Crippen molar-refractivity contribution in [3.63, 3.8) is 0 Å². The third-order valence-corrected chi connectivity index (χ3v) is 5.36. The van der Waals surface area contributed by atoms with Gasteiger partial charge < -0.3 is 19.7 Å². The predicted molar refractivity (Wildman–Crippen MR) is 90.1 cm³/mol. The molecule has 24 heavy (non-hydrogen) atoms. The highest BCUT2D eigenvalue weighted by Gasteiger charge is 2.48. The minimum atomic E-state index is 0.0116. The fourth-order valence-electron chi connectivity index (χ4n) is 3.95. The Morgan fingerprint density at radius 1 is 0.750 bits per heavy atom. The molecule has 2 heterocycles. The molecule has 4 nitrogen and oxygen atoms in total. The lowest BCUT2D eigenvalue weighted by Crippen LogP contribution is -2.14. The van der Waals surface area contributed by atoms with Crippen LogP contribution in [-0.2, 0) is 9.47 Å². The van der Waals surface area contributed by atoms with E-state index in [1.165, 1.54) is 0 Å². The van der Waals surface area contributed by atoms with Gasteiger partial charge in [-0.15, -0.1) is 0 Å². The van der Waals surface area contributed by atoms with Crippen molar-refractivity contribution in [2.75, 3.05) is 13.2 Å². The second-order valence-electron chi connectivity index (χ2n) is 6.93. The first-order chi connectivity index (χ1) is 11.5. The van der Waals surface area contributed by atoms with Crippen LogP contribution < -0.4 is 0 Å². The van der Waals surface area contributed by atoms with Gasteiger partial charge in [-0.25, -0.2) is 0 Å². The zero-order valence-corrected chi connectivity index (χ0v) is 13.9. The molecule has 0 amide bonds. The normalized spacial score (nSPS) is 28.9. The highest BCUT2D eigenvalue weighted by atomic mass is 16.5. The van der Waals surface area contributed by atoms with Crippen molar-refractivity contribution in [1.82, 2.24) is 0 Å². The van der Waals surface area contributed by atoms with Crippen LogP contribution in [0.4, 0.5) is 0 Å². The SMILES string of the molecule is Cc1cc([C@H]2OC[C@H]3[C@@H]2CO[C@@H]3c2ccc(O)c(C)c2)ccc1O. The molecule has 0 saturated carbocycles. The summed E-state index contributed by atoms with van der Waals surface area (Å²) in [5, 5.41) is 19.5. The monoisotopic (exact) mass is 326 g/mol. The van der Waals surface area contributed by atoms with Crippen LogP contribution in [0, 0.1) is 25.7 Å². The van der Waals surface area contributed by atoms with E-state index >= 15 is 0 Å². The number of hydrogen-bond acceptors (Lipinski definition) is 4. The minimum Gasteiger partial charge on any atom is -0.508 e. The fourth-order valence-corrected chi connectivity index (χ4v) is 3.95. The first kappa shape index (κ1) is 15.5. The molecule has 0 aromatic heterocycles.